The van der Waals surface area contributed by atoms with E-state index in [1.54, 1.807) is 30.3 Å². The number of carbonyl (C=O) groups is 3. The molecule has 216 valence electrons. The van der Waals surface area contributed by atoms with Gasteiger partial charge in [0.2, 0.25) is 0 Å². The Labute approximate surface area is 233 Å². The minimum absolute atomic E-state index is 0.0477. The fraction of sp³-hybridized carbons (Fsp3) is 0.364. The quantitative estimate of drug-likeness (QED) is 0.0375. The molecule has 2 aliphatic rings. The summed E-state index contributed by atoms with van der Waals surface area (Å²) in [6.07, 6.45) is 1.59. The third kappa shape index (κ3) is 7.93. The van der Waals surface area contributed by atoms with Gasteiger partial charge >= 0.3 is 10.3 Å². The van der Waals surface area contributed by atoms with Crippen LogP contribution in [0, 0.1) is 0 Å². The lowest BCUT2D eigenvalue weighted by Crippen LogP contribution is -2.71. The van der Waals surface area contributed by atoms with E-state index in [2.05, 4.69) is 25.2 Å². The number of nitrogens with two attached hydrogens (primary N) is 2. The first-order valence-electron chi connectivity index (χ1n) is 11.6. The Morgan fingerprint density at radius 1 is 1.30 bits per heavy atom. The molecule has 0 aromatic heterocycles. The number of aliphatic imine (C=N–C) groups is 2. The van der Waals surface area contributed by atoms with Gasteiger partial charge in [-0.15, -0.1) is 0 Å². The van der Waals surface area contributed by atoms with Gasteiger partial charge in [0.1, 0.15) is 30.8 Å². The number of thioether (sulfide) groups is 1. The molecule has 0 spiro atoms. The summed E-state index contributed by atoms with van der Waals surface area (Å²) in [6.45, 7) is 2.00. The van der Waals surface area contributed by atoms with Gasteiger partial charge in [0.05, 0.1) is 18.3 Å². The molecule has 0 unspecified atom stereocenters. The van der Waals surface area contributed by atoms with Gasteiger partial charge in [-0.1, -0.05) is 16.9 Å². The third-order valence-corrected chi connectivity index (χ3v) is 7.11. The van der Waals surface area contributed by atoms with Crippen molar-refractivity contribution in [3.05, 3.63) is 41.6 Å². The second-order valence-corrected chi connectivity index (χ2v) is 10.4. The fourth-order valence-electron chi connectivity index (χ4n) is 3.46. The number of oxime groups is 1. The molecule has 2 atom stereocenters. The molecule has 40 heavy (non-hydrogen) atoms. The zero-order valence-corrected chi connectivity index (χ0v) is 22.8. The van der Waals surface area contributed by atoms with Crippen LogP contribution in [-0.2, 0) is 34.3 Å². The van der Waals surface area contributed by atoms with Gasteiger partial charge in [0.25, 0.3) is 18.3 Å². The van der Waals surface area contributed by atoms with Crippen molar-refractivity contribution in [3.8, 4) is 5.75 Å². The number of carbonyl (C=O) groups excluding carboxylic acids is 3. The van der Waals surface area contributed by atoms with Crippen molar-refractivity contribution in [2.45, 2.75) is 19.0 Å². The van der Waals surface area contributed by atoms with Crippen molar-refractivity contribution in [1.29, 1.82) is 0 Å². The molecular formula is C22H27N7O9S2. The summed E-state index contributed by atoms with van der Waals surface area (Å²) in [7, 11) is -4.75. The van der Waals surface area contributed by atoms with E-state index in [0.717, 1.165) is 0 Å². The smallest absolute Gasteiger partial charge is 0.362 e. The van der Waals surface area contributed by atoms with Gasteiger partial charge in [0, 0.05) is 11.3 Å². The zero-order valence-electron chi connectivity index (χ0n) is 21.1. The van der Waals surface area contributed by atoms with Crippen LogP contribution in [-0.4, -0.2) is 96.5 Å². The number of amides is 2. The van der Waals surface area contributed by atoms with Crippen LogP contribution in [0.4, 0.5) is 0 Å². The van der Waals surface area contributed by atoms with Crippen molar-refractivity contribution in [1.82, 2.24) is 9.62 Å². The maximum absolute atomic E-state index is 12.9. The largest absolute Gasteiger partial charge is 0.490 e. The van der Waals surface area contributed by atoms with Crippen LogP contribution in [0.25, 0.3) is 0 Å². The predicted octanol–water partition coefficient (Wildman–Crippen LogP) is -1.22. The normalized spacial score (nSPS) is 19.6. The van der Waals surface area contributed by atoms with E-state index >= 15 is 0 Å². The number of hydrogen-bond acceptors (Lipinski definition) is 13. The molecule has 0 saturated carbocycles. The molecule has 3 rings (SSSR count). The summed E-state index contributed by atoms with van der Waals surface area (Å²) in [5.41, 5.74) is 12.1. The van der Waals surface area contributed by atoms with E-state index in [0.29, 0.717) is 23.5 Å². The highest BCUT2D eigenvalue weighted by molar-refractivity contribution is 8.14. The maximum atomic E-state index is 12.9. The zero-order chi connectivity index (χ0) is 29.3. The molecule has 16 nitrogen and oxygen atoms in total. The summed E-state index contributed by atoms with van der Waals surface area (Å²) in [5, 5.41) is 6.42. The molecule has 1 aromatic carbocycles. The van der Waals surface area contributed by atoms with E-state index in [1.165, 1.54) is 18.7 Å². The lowest BCUT2D eigenvalue weighted by molar-refractivity contribution is -0.143. The number of ether oxygens (including phenoxy) is 2. The number of amidine groups is 2. The SMILES string of the molecule is C[C@H]1[C@H](NC(=O)/C(=N\OCCOc2ccc(C(N)=NCCOC=O)cc2)C2=CCSC(N)=N2)C(=O)N1S(=O)(=O)O. The van der Waals surface area contributed by atoms with Crippen LogP contribution in [0.1, 0.15) is 12.5 Å². The highest BCUT2D eigenvalue weighted by Crippen LogP contribution is 2.23. The van der Waals surface area contributed by atoms with Gasteiger partial charge in [0.15, 0.2) is 17.5 Å². The second-order valence-electron chi connectivity index (χ2n) is 8.03. The average Bonchev–Trinajstić information content (AvgIpc) is 2.91. The number of β-lactam (4-membered cyclic amide) rings is 1. The molecule has 0 radical (unpaired) electrons. The summed E-state index contributed by atoms with van der Waals surface area (Å²) < 4.78 is 42.2. The number of nitrogens with zero attached hydrogens (tertiary/aromatic N) is 4. The van der Waals surface area contributed by atoms with Crippen molar-refractivity contribution in [2.75, 3.05) is 32.1 Å². The highest BCUT2D eigenvalue weighted by atomic mass is 32.2. The Morgan fingerprint density at radius 2 is 2.02 bits per heavy atom. The Bertz CT molecular complexity index is 1340. The fourth-order valence-corrected chi connectivity index (χ4v) is 4.91. The van der Waals surface area contributed by atoms with Gasteiger partial charge < -0.3 is 31.1 Å². The highest BCUT2D eigenvalue weighted by Gasteiger charge is 2.51. The molecule has 2 amide bonds. The minimum atomic E-state index is -4.75. The number of benzene rings is 1. The second kappa shape index (κ2) is 13.8. The third-order valence-electron chi connectivity index (χ3n) is 5.38. The molecule has 0 bridgehead atoms. The van der Waals surface area contributed by atoms with Gasteiger partial charge in [-0.2, -0.15) is 8.42 Å². The molecule has 1 aromatic rings. The summed E-state index contributed by atoms with van der Waals surface area (Å²) in [4.78, 5) is 48.7. The Balaban J connectivity index is 1.57. The summed E-state index contributed by atoms with van der Waals surface area (Å²) in [5.74, 6) is -0.682. The number of rotatable bonds is 14. The monoisotopic (exact) mass is 597 g/mol. The van der Waals surface area contributed by atoms with E-state index in [1.807, 2.05) is 0 Å². The van der Waals surface area contributed by atoms with Crippen molar-refractivity contribution in [3.63, 3.8) is 0 Å². The van der Waals surface area contributed by atoms with E-state index in [-0.39, 0.29) is 53.1 Å². The average molecular weight is 598 g/mol. The first kappa shape index (κ1) is 30.4. The van der Waals surface area contributed by atoms with E-state index in [4.69, 9.17) is 25.6 Å². The first-order valence-corrected chi connectivity index (χ1v) is 14.0. The topological polar surface area (TPSA) is 238 Å². The molecule has 6 N–H and O–H groups in total. The van der Waals surface area contributed by atoms with Crippen LogP contribution in [0.3, 0.4) is 0 Å². The Kier molecular flexibility index (Phi) is 10.5. The minimum Gasteiger partial charge on any atom is -0.490 e. The standard InChI is InChI=1S/C22H27N7O9S2/c1-13-17(21(32)29(13)40(33,34)35)27-20(31)18(16-6-11-39-22(24)26-16)28-38-10-9-37-15-4-2-14(3-5-15)19(23)25-7-8-36-12-30/h2-6,12-13,17H,7-11H2,1H3,(H2,23,25)(H2,24,26)(H,27,31)(H,33,34,35)/b28-18-/t13-,17-/m0/s1. The van der Waals surface area contributed by atoms with Gasteiger partial charge in [-0.25, -0.2) is 9.30 Å². The molecule has 18 heteroatoms. The molecular weight excluding hydrogens is 570 g/mol. The van der Waals surface area contributed by atoms with Crippen molar-refractivity contribution in [2.24, 2.45) is 26.6 Å². The molecule has 0 aliphatic carbocycles. The van der Waals surface area contributed by atoms with Crippen LogP contribution in [0.15, 0.2) is 51.2 Å². The van der Waals surface area contributed by atoms with Crippen LogP contribution < -0.4 is 21.5 Å². The van der Waals surface area contributed by atoms with Crippen molar-refractivity contribution < 1.29 is 41.7 Å². The van der Waals surface area contributed by atoms with Crippen LogP contribution >= 0.6 is 11.8 Å². The van der Waals surface area contributed by atoms with E-state index in [9.17, 15) is 22.8 Å². The summed E-state index contributed by atoms with van der Waals surface area (Å²) in [6, 6.07) is 4.48. The Hall–Kier alpha value is -4.16. The van der Waals surface area contributed by atoms with Gasteiger partial charge in [-0.3, -0.25) is 23.9 Å². The van der Waals surface area contributed by atoms with Crippen LogP contribution in [0.2, 0.25) is 0 Å². The molecule has 2 heterocycles. The molecule has 1 fully saturated rings. The van der Waals surface area contributed by atoms with Crippen LogP contribution in [0.5, 0.6) is 5.75 Å². The lowest BCUT2D eigenvalue weighted by atomic mass is 10.0. The molecule has 1 saturated heterocycles. The maximum Gasteiger partial charge on any atom is 0.362 e. The van der Waals surface area contributed by atoms with Gasteiger partial charge in [-0.05, 0) is 37.3 Å². The van der Waals surface area contributed by atoms with Crippen molar-refractivity contribution >= 4 is 57.1 Å². The summed E-state index contributed by atoms with van der Waals surface area (Å²) >= 11 is 1.24. The first-order chi connectivity index (χ1) is 19.0. The van der Waals surface area contributed by atoms with E-state index < -0.39 is 34.2 Å². The number of hydrogen-bond donors (Lipinski definition) is 4. The lowest BCUT2D eigenvalue weighted by Gasteiger charge is -2.42. The Morgan fingerprint density at radius 3 is 2.65 bits per heavy atom. The molecule has 2 aliphatic heterocycles. The number of nitrogens with one attached hydrogen (secondary N) is 1. The predicted molar refractivity (Wildman–Crippen MR) is 145 cm³/mol.